The number of rotatable bonds is 6. The number of aryl methyl sites for hydroxylation is 2. The maximum absolute atomic E-state index is 13.9. The third kappa shape index (κ3) is 7.38. The van der Waals surface area contributed by atoms with E-state index in [-0.39, 0.29) is 43.9 Å². The molecule has 6 atom stereocenters. The normalized spacial score (nSPS) is 33.6. The Hall–Kier alpha value is -0.840. The van der Waals surface area contributed by atoms with E-state index in [0.717, 1.165) is 32.2 Å². The number of fused-ring (bicyclic) bond motifs is 4. The van der Waals surface area contributed by atoms with Crippen LogP contribution in [0.25, 0.3) is 0 Å². The number of ether oxygens (including phenoxy) is 1. The molecule has 5 nitrogen and oxygen atoms in total. The quantitative estimate of drug-likeness (QED) is 0.320. The van der Waals surface area contributed by atoms with Crippen molar-refractivity contribution >= 4 is 11.9 Å². The molecule has 2 aliphatic carbocycles. The second kappa shape index (κ2) is 12.8. The molecule has 40 heavy (non-hydrogen) atoms. The minimum Gasteiger partial charge on any atom is -0.362 e. The molecule has 1 aromatic rings. The van der Waals surface area contributed by atoms with Crippen LogP contribution in [-0.2, 0) is 4.74 Å². The number of hydrogen-bond donors (Lipinski definition) is 3. The van der Waals surface area contributed by atoms with Crippen molar-refractivity contribution in [2.24, 2.45) is 17.3 Å². The minimum atomic E-state index is -4.10. The molecule has 2 saturated carbocycles. The van der Waals surface area contributed by atoms with Gasteiger partial charge in [-0.2, -0.15) is 13.2 Å². The molecule has 2 saturated heterocycles. The van der Waals surface area contributed by atoms with Crippen LogP contribution in [0.3, 0.4) is 0 Å². The summed E-state index contributed by atoms with van der Waals surface area (Å²) in [7, 11) is 0. The van der Waals surface area contributed by atoms with Gasteiger partial charge in [0.05, 0.1) is 12.0 Å². The Morgan fingerprint density at radius 1 is 1.10 bits per heavy atom. The predicted molar refractivity (Wildman–Crippen MR) is 157 cm³/mol. The van der Waals surface area contributed by atoms with Crippen molar-refractivity contribution in [3.8, 4) is 0 Å². The van der Waals surface area contributed by atoms with Crippen LogP contribution in [0.1, 0.15) is 94.4 Å². The largest absolute Gasteiger partial charge is 0.394 e. The minimum absolute atomic E-state index is 0.0879. The molecule has 9 heteroatoms. The molecule has 0 spiro atoms. The average Bonchev–Trinajstić information content (AvgIpc) is 3.69. The van der Waals surface area contributed by atoms with Crippen LogP contribution in [0.2, 0.25) is 0 Å². The van der Waals surface area contributed by atoms with Gasteiger partial charge in [-0.25, -0.2) is 4.72 Å². The first-order valence-corrected chi connectivity index (χ1v) is 16.3. The average molecular weight is 583 g/mol. The highest BCUT2D eigenvalue weighted by molar-refractivity contribution is 7.98. The van der Waals surface area contributed by atoms with Crippen molar-refractivity contribution in [1.29, 1.82) is 0 Å². The summed E-state index contributed by atoms with van der Waals surface area (Å²) in [5, 5.41) is 7.94. The third-order valence-electron chi connectivity index (χ3n) is 9.72. The molecule has 4 fully saturated rings. The van der Waals surface area contributed by atoms with Gasteiger partial charge in [0.1, 0.15) is 12.5 Å². The Kier molecular flexibility index (Phi) is 9.80. The van der Waals surface area contributed by atoms with Crippen molar-refractivity contribution in [3.05, 3.63) is 34.9 Å². The Bertz CT molecular complexity index is 968. The summed E-state index contributed by atoms with van der Waals surface area (Å²) in [4.78, 5) is 2.40. The van der Waals surface area contributed by atoms with Crippen LogP contribution in [0.15, 0.2) is 18.2 Å². The van der Waals surface area contributed by atoms with Gasteiger partial charge in [0.25, 0.3) is 0 Å². The molecular weight excluding hydrogens is 533 g/mol. The monoisotopic (exact) mass is 582 g/mol. The van der Waals surface area contributed by atoms with E-state index in [4.69, 9.17) is 4.74 Å². The van der Waals surface area contributed by atoms with Crippen molar-refractivity contribution < 1.29 is 17.9 Å². The van der Waals surface area contributed by atoms with Crippen LogP contribution in [0, 0.1) is 31.1 Å². The highest BCUT2D eigenvalue weighted by atomic mass is 32.2. The molecule has 4 bridgehead atoms. The molecule has 2 heterocycles. The number of hydrogen-bond acceptors (Lipinski definition) is 6. The fourth-order valence-corrected chi connectivity index (χ4v) is 8.38. The van der Waals surface area contributed by atoms with Gasteiger partial charge in [-0.3, -0.25) is 15.5 Å². The number of nitrogens with zero attached hydrogens (tertiary/aromatic N) is 1. The van der Waals surface area contributed by atoms with Gasteiger partial charge >= 0.3 is 6.18 Å². The van der Waals surface area contributed by atoms with Crippen molar-refractivity contribution in [2.75, 3.05) is 19.7 Å². The predicted octanol–water partition coefficient (Wildman–Crippen LogP) is 6.81. The van der Waals surface area contributed by atoms with Gasteiger partial charge in [-0.15, -0.1) is 0 Å². The molecule has 5 unspecified atom stereocenters. The van der Waals surface area contributed by atoms with Gasteiger partial charge < -0.3 is 4.74 Å². The van der Waals surface area contributed by atoms with E-state index in [2.05, 4.69) is 66.1 Å². The second-order valence-corrected chi connectivity index (χ2v) is 14.5. The summed E-state index contributed by atoms with van der Waals surface area (Å²) in [6.07, 6.45) is 2.77. The summed E-state index contributed by atoms with van der Waals surface area (Å²) in [5.74, 6) is 0.948. The van der Waals surface area contributed by atoms with E-state index in [0.29, 0.717) is 30.2 Å². The first-order valence-electron chi connectivity index (χ1n) is 15.4. The molecular formula is C31H49F3N4OS. The van der Waals surface area contributed by atoms with E-state index in [1.165, 1.54) is 29.5 Å². The molecule has 4 aliphatic rings. The van der Waals surface area contributed by atoms with Crippen LogP contribution in [-0.4, -0.2) is 54.6 Å². The summed E-state index contributed by atoms with van der Waals surface area (Å²) in [6.45, 7) is 10.7. The molecule has 1 aromatic carbocycles. The summed E-state index contributed by atoms with van der Waals surface area (Å²) in [6, 6.07) is 6.72. The number of halogens is 3. The number of benzene rings is 1. The fraction of sp³-hybridized carbons (Fsp3) is 0.806. The summed E-state index contributed by atoms with van der Waals surface area (Å²) < 4.78 is 52.0. The van der Waals surface area contributed by atoms with Gasteiger partial charge in [0, 0.05) is 30.3 Å². The molecule has 0 radical (unpaired) electrons. The SMILES string of the molecule is Cc1cccc(C)c1C1CC2NC(NSC3CCCC(C3)CN(CCC3(C(F)(F)F)CC3)[C@H](CC(C)C)CO2)N1. The van der Waals surface area contributed by atoms with Crippen molar-refractivity contribution in [3.63, 3.8) is 0 Å². The standard InChI is InChI=1S/C31H49F3N4OS/c1-20(2)15-24-19-39-27-17-26(28-21(3)7-5-8-22(28)4)35-29(36-27)37-40-25-10-6-9-23(16-25)18-38(24)14-13-30(11-12-30)31(32,33)34/h5,7-8,20,23-27,29,35-37H,6,9-19H2,1-4H3/t23?,24-,25?,26?,27?,29?/m1/s1. The van der Waals surface area contributed by atoms with E-state index in [1.807, 2.05) is 11.9 Å². The molecule has 2 aliphatic heterocycles. The van der Waals surface area contributed by atoms with Gasteiger partial charge in [-0.1, -0.05) is 50.4 Å². The number of alkyl halides is 3. The maximum atomic E-state index is 13.9. The second-order valence-electron chi connectivity index (χ2n) is 13.4. The van der Waals surface area contributed by atoms with E-state index in [9.17, 15) is 13.2 Å². The zero-order chi connectivity index (χ0) is 28.5. The zero-order valence-corrected chi connectivity index (χ0v) is 25.5. The van der Waals surface area contributed by atoms with Crippen molar-refractivity contribution in [2.45, 2.75) is 122 Å². The Morgan fingerprint density at radius 2 is 1.85 bits per heavy atom. The smallest absolute Gasteiger partial charge is 0.362 e. The maximum Gasteiger partial charge on any atom is 0.394 e. The van der Waals surface area contributed by atoms with Gasteiger partial charge in [-0.05, 0) is 93.9 Å². The number of nitrogens with one attached hydrogen (secondary N) is 3. The van der Waals surface area contributed by atoms with E-state index in [1.54, 1.807) is 0 Å². The Labute approximate surface area is 243 Å². The van der Waals surface area contributed by atoms with Crippen LogP contribution in [0.5, 0.6) is 0 Å². The van der Waals surface area contributed by atoms with E-state index < -0.39 is 11.6 Å². The lowest BCUT2D eigenvalue weighted by Gasteiger charge is -2.40. The zero-order valence-electron chi connectivity index (χ0n) is 24.7. The third-order valence-corrected chi connectivity index (χ3v) is 10.9. The molecule has 0 amide bonds. The Morgan fingerprint density at radius 3 is 2.52 bits per heavy atom. The van der Waals surface area contributed by atoms with Crippen LogP contribution in [0.4, 0.5) is 13.2 Å². The lowest BCUT2D eigenvalue weighted by atomic mass is 9.87. The lowest BCUT2D eigenvalue weighted by Crippen LogP contribution is -2.61. The Balaban J connectivity index is 1.38. The summed E-state index contributed by atoms with van der Waals surface area (Å²) >= 11 is 1.82. The molecule has 226 valence electrons. The van der Waals surface area contributed by atoms with Gasteiger partial charge in [0.15, 0.2) is 0 Å². The van der Waals surface area contributed by atoms with Crippen LogP contribution < -0.4 is 15.4 Å². The molecule has 0 aromatic heterocycles. The topological polar surface area (TPSA) is 48.6 Å². The molecule has 5 rings (SSSR count). The van der Waals surface area contributed by atoms with Gasteiger partial charge in [0.2, 0.25) is 0 Å². The highest BCUT2D eigenvalue weighted by Crippen LogP contribution is 2.60. The summed E-state index contributed by atoms with van der Waals surface area (Å²) in [5.41, 5.74) is 2.42. The molecule has 3 N–H and O–H groups in total. The highest BCUT2D eigenvalue weighted by Gasteiger charge is 2.62. The first-order chi connectivity index (χ1) is 19.0. The fourth-order valence-electron chi connectivity index (χ4n) is 7.26. The first kappa shape index (κ1) is 30.6. The lowest BCUT2D eigenvalue weighted by molar-refractivity contribution is -0.190. The van der Waals surface area contributed by atoms with Crippen LogP contribution >= 0.6 is 11.9 Å². The van der Waals surface area contributed by atoms with Crippen molar-refractivity contribution in [1.82, 2.24) is 20.3 Å². The van der Waals surface area contributed by atoms with E-state index >= 15 is 0 Å².